The van der Waals surface area contributed by atoms with E-state index in [1.54, 1.807) is 30.3 Å². The molecule has 0 radical (unpaired) electrons. The Bertz CT molecular complexity index is 1480. The second-order valence-corrected chi connectivity index (χ2v) is 9.36. The highest BCUT2D eigenvalue weighted by molar-refractivity contribution is 14.1. The van der Waals surface area contributed by atoms with Gasteiger partial charge in [-0.05, 0) is 87.8 Å². The monoisotopic (exact) mass is 590 g/mol. The van der Waals surface area contributed by atoms with Crippen molar-refractivity contribution in [3.05, 3.63) is 105 Å². The summed E-state index contributed by atoms with van der Waals surface area (Å²) in [5, 5.41) is 5.01. The molecule has 1 fully saturated rings. The molecule has 36 heavy (non-hydrogen) atoms. The maximum absolute atomic E-state index is 13.0. The first-order valence-corrected chi connectivity index (χ1v) is 12.6. The minimum Gasteiger partial charge on any atom is -0.490 e. The van der Waals surface area contributed by atoms with Gasteiger partial charge in [-0.15, -0.1) is 0 Å². The summed E-state index contributed by atoms with van der Waals surface area (Å²) < 4.78 is 12.9. The molecule has 3 amide bonds. The number of imide groups is 1. The minimum atomic E-state index is -0.479. The van der Waals surface area contributed by atoms with E-state index in [-0.39, 0.29) is 5.70 Å². The predicted molar refractivity (Wildman–Crippen MR) is 149 cm³/mol. The fourth-order valence-electron chi connectivity index (χ4n) is 4.07. The summed E-state index contributed by atoms with van der Waals surface area (Å²) in [6, 6.07) is 26.5. The van der Waals surface area contributed by atoms with Gasteiger partial charge in [-0.3, -0.25) is 4.79 Å². The SMILES string of the molecule is CCOc1cc(/C=C2\NC(=O)N(c3ccccc3)C2=O)cc(I)c1OCc1ccc2ccccc2c1. The highest BCUT2D eigenvalue weighted by Gasteiger charge is 2.34. The Morgan fingerprint density at radius 1 is 0.889 bits per heavy atom. The van der Waals surface area contributed by atoms with Crippen molar-refractivity contribution in [1.29, 1.82) is 0 Å². The van der Waals surface area contributed by atoms with Crippen molar-refractivity contribution in [3.8, 4) is 11.5 Å². The Kier molecular flexibility index (Phi) is 6.90. The second kappa shape index (κ2) is 10.4. The van der Waals surface area contributed by atoms with Crippen molar-refractivity contribution in [2.45, 2.75) is 13.5 Å². The lowest BCUT2D eigenvalue weighted by molar-refractivity contribution is -0.113. The molecule has 0 saturated carbocycles. The average molecular weight is 590 g/mol. The van der Waals surface area contributed by atoms with E-state index in [0.717, 1.165) is 25.0 Å². The van der Waals surface area contributed by atoms with Crippen molar-refractivity contribution in [2.75, 3.05) is 11.5 Å². The molecule has 0 bridgehead atoms. The van der Waals surface area contributed by atoms with Crippen LogP contribution in [-0.2, 0) is 11.4 Å². The van der Waals surface area contributed by atoms with Crippen LogP contribution in [0.15, 0.2) is 90.6 Å². The highest BCUT2D eigenvalue weighted by atomic mass is 127. The first-order chi connectivity index (χ1) is 17.5. The molecule has 0 spiro atoms. The summed E-state index contributed by atoms with van der Waals surface area (Å²) in [7, 11) is 0. The van der Waals surface area contributed by atoms with E-state index in [4.69, 9.17) is 9.47 Å². The molecule has 7 heteroatoms. The number of nitrogens with zero attached hydrogens (tertiary/aromatic N) is 1. The lowest BCUT2D eigenvalue weighted by Crippen LogP contribution is -2.30. The number of halogens is 1. The van der Waals surface area contributed by atoms with E-state index in [2.05, 4.69) is 58.2 Å². The maximum atomic E-state index is 13.0. The fraction of sp³-hybridized carbons (Fsp3) is 0.103. The number of hydrogen-bond acceptors (Lipinski definition) is 4. The molecule has 180 valence electrons. The zero-order chi connectivity index (χ0) is 25.1. The van der Waals surface area contributed by atoms with Crippen LogP contribution < -0.4 is 19.7 Å². The summed E-state index contributed by atoms with van der Waals surface area (Å²) in [4.78, 5) is 26.6. The first kappa shape index (κ1) is 23.9. The quantitative estimate of drug-likeness (QED) is 0.151. The molecule has 1 aliphatic heterocycles. The molecular formula is C29H23IN2O4. The van der Waals surface area contributed by atoms with Crippen LogP contribution in [0, 0.1) is 3.57 Å². The number of fused-ring (bicyclic) bond motifs is 1. The third kappa shape index (κ3) is 4.92. The molecule has 1 heterocycles. The molecule has 0 unspecified atom stereocenters. The molecule has 0 aromatic heterocycles. The number of carbonyl (C=O) groups is 2. The molecule has 1 saturated heterocycles. The molecular weight excluding hydrogens is 567 g/mol. The van der Waals surface area contributed by atoms with E-state index >= 15 is 0 Å². The number of rotatable bonds is 7. The highest BCUT2D eigenvalue weighted by Crippen LogP contribution is 2.36. The molecule has 4 aromatic rings. The van der Waals surface area contributed by atoms with Crippen LogP contribution in [-0.4, -0.2) is 18.5 Å². The normalized spacial score (nSPS) is 14.4. The number of ether oxygens (including phenoxy) is 2. The number of urea groups is 1. The van der Waals surface area contributed by atoms with Gasteiger partial charge in [0.05, 0.1) is 15.9 Å². The van der Waals surface area contributed by atoms with Gasteiger partial charge in [0.25, 0.3) is 5.91 Å². The Labute approximate surface area is 222 Å². The van der Waals surface area contributed by atoms with Crippen LogP contribution in [0.5, 0.6) is 11.5 Å². The topological polar surface area (TPSA) is 67.9 Å². The minimum absolute atomic E-state index is 0.201. The van der Waals surface area contributed by atoms with Crippen LogP contribution in [0.2, 0.25) is 0 Å². The molecule has 0 atom stereocenters. The number of anilines is 1. The number of para-hydroxylation sites is 1. The summed E-state index contributed by atoms with van der Waals surface area (Å²) in [5.74, 6) is 0.810. The number of benzene rings is 4. The number of carbonyl (C=O) groups excluding carboxylic acids is 2. The summed E-state index contributed by atoms with van der Waals surface area (Å²) >= 11 is 2.20. The van der Waals surface area contributed by atoms with E-state index in [1.165, 1.54) is 5.39 Å². The van der Waals surface area contributed by atoms with Crippen molar-refractivity contribution in [3.63, 3.8) is 0 Å². The molecule has 1 aliphatic rings. The van der Waals surface area contributed by atoms with Crippen molar-refractivity contribution in [1.82, 2.24) is 5.32 Å². The lowest BCUT2D eigenvalue weighted by Gasteiger charge is -2.15. The van der Waals surface area contributed by atoms with E-state index in [1.807, 2.05) is 37.3 Å². The second-order valence-electron chi connectivity index (χ2n) is 8.20. The predicted octanol–water partition coefficient (Wildman–Crippen LogP) is 6.52. The van der Waals surface area contributed by atoms with E-state index < -0.39 is 11.9 Å². The van der Waals surface area contributed by atoms with Gasteiger partial charge in [-0.1, -0.05) is 54.6 Å². The number of hydrogen-bond donors (Lipinski definition) is 1. The van der Waals surface area contributed by atoms with Gasteiger partial charge in [0.1, 0.15) is 12.3 Å². The Hall–Kier alpha value is -3.85. The first-order valence-electron chi connectivity index (χ1n) is 11.5. The molecule has 4 aromatic carbocycles. The van der Waals surface area contributed by atoms with Gasteiger partial charge in [0.15, 0.2) is 11.5 Å². The molecule has 5 rings (SSSR count). The van der Waals surface area contributed by atoms with Crippen LogP contribution >= 0.6 is 22.6 Å². The van der Waals surface area contributed by atoms with Gasteiger partial charge in [-0.25, -0.2) is 9.69 Å². The zero-order valence-corrected chi connectivity index (χ0v) is 21.7. The molecule has 6 nitrogen and oxygen atoms in total. The maximum Gasteiger partial charge on any atom is 0.333 e. The third-order valence-electron chi connectivity index (χ3n) is 5.73. The van der Waals surface area contributed by atoms with Crippen molar-refractivity contribution < 1.29 is 19.1 Å². The Morgan fingerprint density at radius 3 is 2.42 bits per heavy atom. The number of nitrogens with one attached hydrogen (secondary N) is 1. The van der Waals surface area contributed by atoms with Crippen LogP contribution in [0.1, 0.15) is 18.1 Å². The average Bonchev–Trinajstić information content (AvgIpc) is 3.16. The summed E-state index contributed by atoms with van der Waals surface area (Å²) in [6.07, 6.45) is 1.65. The van der Waals surface area contributed by atoms with Gasteiger partial charge < -0.3 is 14.8 Å². The molecule has 1 N–H and O–H groups in total. The number of amides is 3. The Balaban J connectivity index is 1.40. The Morgan fingerprint density at radius 2 is 1.64 bits per heavy atom. The van der Waals surface area contributed by atoms with Crippen LogP contribution in [0.3, 0.4) is 0 Å². The van der Waals surface area contributed by atoms with Crippen molar-refractivity contribution in [2.24, 2.45) is 0 Å². The standard InChI is InChI=1S/C29H23IN2O4/c1-2-35-26-17-20(16-25-28(33)32(29(34)31-25)23-10-4-3-5-11-23)15-24(30)27(26)36-18-19-12-13-21-8-6-7-9-22(21)14-19/h3-17H,2,18H2,1H3,(H,31,34)/b25-16-. The summed E-state index contributed by atoms with van der Waals surface area (Å²) in [5.41, 5.74) is 2.50. The zero-order valence-electron chi connectivity index (χ0n) is 19.5. The summed E-state index contributed by atoms with van der Waals surface area (Å²) in [6.45, 7) is 2.76. The van der Waals surface area contributed by atoms with E-state index in [9.17, 15) is 9.59 Å². The smallest absolute Gasteiger partial charge is 0.333 e. The van der Waals surface area contributed by atoms with E-state index in [0.29, 0.717) is 30.4 Å². The fourth-order valence-corrected chi connectivity index (χ4v) is 4.85. The molecule has 0 aliphatic carbocycles. The third-order valence-corrected chi connectivity index (χ3v) is 6.53. The lowest BCUT2D eigenvalue weighted by atomic mass is 10.1. The van der Waals surface area contributed by atoms with Gasteiger partial charge in [-0.2, -0.15) is 0 Å². The van der Waals surface area contributed by atoms with Crippen LogP contribution in [0.4, 0.5) is 10.5 Å². The van der Waals surface area contributed by atoms with Crippen LogP contribution in [0.25, 0.3) is 16.8 Å². The van der Waals surface area contributed by atoms with Gasteiger partial charge in [0.2, 0.25) is 0 Å². The van der Waals surface area contributed by atoms with Gasteiger partial charge >= 0.3 is 6.03 Å². The van der Waals surface area contributed by atoms with Gasteiger partial charge in [0, 0.05) is 0 Å². The largest absolute Gasteiger partial charge is 0.490 e. The van der Waals surface area contributed by atoms with Crippen molar-refractivity contribution >= 4 is 57.1 Å².